The third-order valence-corrected chi connectivity index (χ3v) is 13.7. The Morgan fingerprint density at radius 1 is 0.414 bits per heavy atom. The van der Waals surface area contributed by atoms with E-state index in [1.165, 1.54) is 0 Å². The summed E-state index contributed by atoms with van der Waals surface area (Å²) in [5.74, 6) is 2.67. The molecule has 16 heteroatoms. The Hall–Kier alpha value is -7.38. The lowest BCUT2D eigenvalue weighted by molar-refractivity contribution is -0.138. The van der Waals surface area contributed by atoms with Crippen molar-refractivity contribution in [2.24, 2.45) is 0 Å². The topological polar surface area (TPSA) is 34.1 Å². The second-order valence-electron chi connectivity index (χ2n) is 16.1. The van der Waals surface area contributed by atoms with Crippen LogP contribution in [0.25, 0.3) is 10.8 Å². The average molecular weight is 987 g/mol. The van der Waals surface area contributed by atoms with E-state index < -0.39 is 63.0 Å². The summed E-state index contributed by atoms with van der Waals surface area (Å²) in [7, 11) is -2.88. The van der Waals surface area contributed by atoms with E-state index in [2.05, 4.69) is 11.2 Å². The standard InChI is InChI=1S/C28H16BF12.C26H19O2S/c30-25(31,32)17-1-9-21(10-2-17)29(22-11-3-18(4-12-22)26(33,34)35,23-13-5-19(6-14-23)27(36,37)38)24-15-7-20(8-16-24)28(39,40)41;27-26(24-16-15-22-11-7-8-12-23(22)19-24)20-29(28,25-13-5-2-6-14-25)18-17-21-9-3-1-4-10-21/h1-16H;1-16,19H,20H2/q-1;+1. The first-order chi connectivity index (χ1) is 33.0. The number of benzene rings is 8. The third kappa shape index (κ3) is 11.4. The van der Waals surface area contributed by atoms with Gasteiger partial charge in [0.2, 0.25) is 15.7 Å². The fraction of sp³-hybridized carbons (Fsp3) is 0.0926. The van der Waals surface area contributed by atoms with Crippen LogP contribution < -0.4 is 21.9 Å². The van der Waals surface area contributed by atoms with Crippen molar-refractivity contribution in [1.29, 1.82) is 0 Å². The Balaban J connectivity index is 0.000000218. The molecule has 0 amide bonds. The van der Waals surface area contributed by atoms with Gasteiger partial charge < -0.3 is 0 Å². The average Bonchev–Trinajstić information content (AvgIpc) is 3.34. The highest BCUT2D eigenvalue weighted by Gasteiger charge is 2.39. The van der Waals surface area contributed by atoms with Crippen molar-refractivity contribution in [3.63, 3.8) is 0 Å². The maximum absolute atomic E-state index is 13.8. The molecule has 356 valence electrons. The Morgan fingerprint density at radius 3 is 1.13 bits per heavy atom. The molecular formula is C54H35BF12O2S. The summed E-state index contributed by atoms with van der Waals surface area (Å²) in [4.78, 5) is 13.6. The van der Waals surface area contributed by atoms with Gasteiger partial charge in [-0.1, -0.05) is 174 Å². The highest BCUT2D eigenvalue weighted by molar-refractivity contribution is 8.07. The molecule has 0 aliphatic rings. The van der Waals surface area contributed by atoms with E-state index in [1.54, 1.807) is 18.2 Å². The van der Waals surface area contributed by atoms with Crippen LogP contribution in [0.4, 0.5) is 52.7 Å². The summed E-state index contributed by atoms with van der Waals surface area (Å²) in [6, 6.07) is 45.4. The molecule has 70 heavy (non-hydrogen) atoms. The number of ketones is 1. The van der Waals surface area contributed by atoms with E-state index in [1.807, 2.05) is 84.9 Å². The molecule has 8 rings (SSSR count). The molecule has 8 aromatic carbocycles. The summed E-state index contributed by atoms with van der Waals surface area (Å²) in [5.41, 5.74) is -2.97. The van der Waals surface area contributed by atoms with E-state index >= 15 is 0 Å². The zero-order valence-corrected chi connectivity index (χ0v) is 36.9. The van der Waals surface area contributed by atoms with Crippen LogP contribution >= 0.6 is 0 Å². The van der Waals surface area contributed by atoms with Crippen LogP contribution in [0.15, 0.2) is 205 Å². The monoisotopic (exact) mass is 986 g/mol. The van der Waals surface area contributed by atoms with Gasteiger partial charge >= 0.3 is 24.7 Å². The van der Waals surface area contributed by atoms with Gasteiger partial charge in [0.15, 0.2) is 15.9 Å². The lowest BCUT2D eigenvalue weighted by Crippen LogP contribution is -2.74. The molecule has 0 bridgehead atoms. The maximum Gasteiger partial charge on any atom is 0.416 e. The van der Waals surface area contributed by atoms with Crippen molar-refractivity contribution in [3.05, 3.63) is 234 Å². The smallest absolute Gasteiger partial charge is 0.289 e. The van der Waals surface area contributed by atoms with Gasteiger partial charge in [-0.05, 0) is 47.0 Å². The van der Waals surface area contributed by atoms with Gasteiger partial charge in [-0.25, -0.2) is 0 Å². The molecule has 1 unspecified atom stereocenters. The first-order valence-corrected chi connectivity index (χ1v) is 22.7. The SMILES string of the molecule is FC(F)(F)c1ccc([B-](c2ccc(C(F)(F)F)cc2)(c2ccc(C(F)(F)F)cc2)c2ccc(C(F)(F)F)cc2)cc1.O=C(C[S+](=O)(C#Cc1ccccc1)c1ccccc1)c1ccc2ccccc2c1. The molecule has 0 heterocycles. The van der Waals surface area contributed by atoms with E-state index in [0.29, 0.717) is 59.0 Å². The first-order valence-electron chi connectivity index (χ1n) is 21.0. The molecule has 0 saturated carbocycles. The minimum Gasteiger partial charge on any atom is -0.289 e. The number of hydrogen-bond donors (Lipinski definition) is 0. The second kappa shape index (κ2) is 19.9. The molecule has 1 atom stereocenters. The third-order valence-electron chi connectivity index (χ3n) is 11.6. The van der Waals surface area contributed by atoms with Crippen LogP contribution in [0.2, 0.25) is 0 Å². The predicted octanol–water partition coefficient (Wildman–Crippen LogP) is 12.7. The zero-order valence-electron chi connectivity index (χ0n) is 36.1. The Kier molecular flexibility index (Phi) is 14.4. The first kappa shape index (κ1) is 50.5. The predicted molar refractivity (Wildman–Crippen MR) is 249 cm³/mol. The van der Waals surface area contributed by atoms with Crippen LogP contribution in [-0.4, -0.2) is 17.7 Å². The highest BCUT2D eigenvalue weighted by atomic mass is 32.2. The molecule has 0 aromatic heterocycles. The fourth-order valence-corrected chi connectivity index (χ4v) is 9.88. The van der Waals surface area contributed by atoms with Crippen LogP contribution in [0.5, 0.6) is 0 Å². The summed E-state index contributed by atoms with van der Waals surface area (Å²) in [6.45, 7) is 0. The Morgan fingerprint density at radius 2 is 0.757 bits per heavy atom. The molecule has 0 fully saturated rings. The number of carbonyl (C=O) groups is 1. The molecule has 0 aliphatic heterocycles. The van der Waals surface area contributed by atoms with Crippen LogP contribution in [-0.2, 0) is 38.8 Å². The normalized spacial score (nSPS) is 13.0. The van der Waals surface area contributed by atoms with Crippen molar-refractivity contribution in [2.45, 2.75) is 29.6 Å². The van der Waals surface area contributed by atoms with E-state index in [4.69, 9.17) is 0 Å². The molecule has 0 radical (unpaired) electrons. The van der Waals surface area contributed by atoms with E-state index in [-0.39, 0.29) is 33.4 Å². The molecule has 2 nitrogen and oxygen atoms in total. The van der Waals surface area contributed by atoms with Gasteiger partial charge in [0.05, 0.1) is 22.3 Å². The van der Waals surface area contributed by atoms with E-state index in [9.17, 15) is 61.7 Å². The van der Waals surface area contributed by atoms with Gasteiger partial charge in [-0.15, -0.1) is 0 Å². The van der Waals surface area contributed by atoms with Crippen molar-refractivity contribution in [2.75, 3.05) is 5.75 Å². The largest absolute Gasteiger partial charge is 0.416 e. The molecule has 8 aromatic rings. The minimum absolute atomic E-state index is 0.0114. The molecule has 0 N–H and O–H groups in total. The number of fused-ring (bicyclic) bond motifs is 1. The molecule has 0 aliphatic carbocycles. The summed E-state index contributed by atoms with van der Waals surface area (Å²) < 4.78 is 174. The van der Waals surface area contributed by atoms with E-state index in [0.717, 1.165) is 64.9 Å². The molecule has 0 spiro atoms. The van der Waals surface area contributed by atoms with Crippen molar-refractivity contribution in [3.8, 4) is 11.2 Å². The maximum atomic E-state index is 13.8. The number of halogens is 12. The summed E-state index contributed by atoms with van der Waals surface area (Å²) in [6.07, 6.45) is -22.0. The van der Waals surface area contributed by atoms with Gasteiger partial charge in [0.25, 0.3) is 0 Å². The van der Waals surface area contributed by atoms with Gasteiger partial charge in [0.1, 0.15) is 6.15 Å². The van der Waals surface area contributed by atoms with Crippen LogP contribution in [0.1, 0.15) is 38.2 Å². The highest BCUT2D eigenvalue weighted by Crippen LogP contribution is 2.33. The lowest BCUT2D eigenvalue weighted by Gasteiger charge is -2.44. The fourth-order valence-electron chi connectivity index (χ4n) is 8.11. The minimum atomic E-state index is -4.77. The van der Waals surface area contributed by atoms with Gasteiger partial charge in [-0.3, -0.25) is 4.79 Å². The van der Waals surface area contributed by atoms with Crippen molar-refractivity contribution < 1.29 is 61.7 Å². The summed E-state index contributed by atoms with van der Waals surface area (Å²) in [5, 5.41) is 4.98. The summed E-state index contributed by atoms with van der Waals surface area (Å²) >= 11 is 0. The Labute approximate surface area is 395 Å². The number of alkyl halides is 12. The number of rotatable bonds is 8. The van der Waals surface area contributed by atoms with Crippen molar-refractivity contribution in [1.82, 2.24) is 0 Å². The van der Waals surface area contributed by atoms with Crippen LogP contribution in [0, 0.1) is 11.2 Å². The van der Waals surface area contributed by atoms with Gasteiger partial charge in [-0.2, -0.15) is 74.5 Å². The molecule has 0 saturated heterocycles. The van der Waals surface area contributed by atoms with Crippen LogP contribution in [0.3, 0.4) is 0 Å². The van der Waals surface area contributed by atoms with Crippen molar-refractivity contribution >= 4 is 54.5 Å². The van der Waals surface area contributed by atoms with Gasteiger partial charge in [0, 0.05) is 11.1 Å². The number of hydrogen-bond acceptors (Lipinski definition) is 2. The number of carbonyl (C=O) groups excluding carboxylic acids is 1. The molecular weight excluding hydrogens is 951 g/mol. The second-order valence-corrected chi connectivity index (χ2v) is 18.4. The number of Topliss-reactive ketones (excluding diaryl/α,β-unsaturated/α-hetero) is 1. The Bertz CT molecular complexity index is 2960. The zero-order chi connectivity index (χ0) is 50.5. The quantitative estimate of drug-likeness (QED) is 0.0500. The lowest BCUT2D eigenvalue weighted by atomic mass is 9.13.